The maximum absolute atomic E-state index is 13.1. The molecule has 1 unspecified atom stereocenters. The van der Waals surface area contributed by atoms with E-state index < -0.39 is 0 Å². The summed E-state index contributed by atoms with van der Waals surface area (Å²) in [6.07, 6.45) is 2.72. The van der Waals surface area contributed by atoms with Crippen molar-refractivity contribution in [1.82, 2.24) is 20.3 Å². The summed E-state index contributed by atoms with van der Waals surface area (Å²) in [6.45, 7) is 7.30. The fourth-order valence-corrected chi connectivity index (χ4v) is 2.61. The summed E-state index contributed by atoms with van der Waals surface area (Å²) in [5, 5.41) is 11.7. The second-order valence-corrected chi connectivity index (χ2v) is 5.93. The molecule has 114 valence electrons. The van der Waals surface area contributed by atoms with Crippen LogP contribution in [-0.2, 0) is 18.9 Å². The lowest BCUT2D eigenvalue weighted by Crippen LogP contribution is -2.46. The third-order valence-electron chi connectivity index (χ3n) is 3.97. The van der Waals surface area contributed by atoms with Gasteiger partial charge in [-0.15, -0.1) is 5.10 Å². The number of hydrogen-bond acceptors (Lipinski definition) is 3. The maximum Gasteiger partial charge on any atom is 0.123 e. The highest BCUT2D eigenvalue weighted by atomic mass is 19.1. The van der Waals surface area contributed by atoms with Gasteiger partial charge in [0.25, 0.3) is 0 Å². The van der Waals surface area contributed by atoms with Crippen LogP contribution in [-0.4, -0.2) is 27.6 Å². The zero-order valence-corrected chi connectivity index (χ0v) is 13.1. The summed E-state index contributed by atoms with van der Waals surface area (Å²) < 4.78 is 14.8. The lowest BCUT2D eigenvalue weighted by Gasteiger charge is -2.35. The van der Waals surface area contributed by atoms with Gasteiger partial charge >= 0.3 is 0 Å². The topological polar surface area (TPSA) is 42.7 Å². The van der Waals surface area contributed by atoms with E-state index in [1.807, 2.05) is 25.4 Å². The normalized spacial score (nSPS) is 13.4. The molecule has 0 bridgehead atoms. The second kappa shape index (κ2) is 6.35. The first-order chi connectivity index (χ1) is 9.93. The molecule has 2 aromatic rings. The molecule has 0 radical (unpaired) electrons. The second-order valence-electron chi connectivity index (χ2n) is 5.93. The smallest absolute Gasteiger partial charge is 0.123 e. The van der Waals surface area contributed by atoms with Crippen molar-refractivity contribution in [2.75, 3.05) is 6.54 Å². The van der Waals surface area contributed by atoms with Crippen LogP contribution in [0.5, 0.6) is 0 Å². The number of rotatable bonds is 6. The number of aryl methyl sites for hydroxylation is 1. The van der Waals surface area contributed by atoms with E-state index in [1.165, 1.54) is 12.1 Å². The third-order valence-corrected chi connectivity index (χ3v) is 3.97. The third kappa shape index (κ3) is 3.67. The van der Waals surface area contributed by atoms with Crippen LogP contribution >= 0.6 is 0 Å². The van der Waals surface area contributed by atoms with E-state index in [9.17, 15) is 4.39 Å². The molecule has 1 atom stereocenters. The Hall–Kier alpha value is -1.75. The summed E-state index contributed by atoms with van der Waals surface area (Å²) in [4.78, 5) is 0. The molecule has 21 heavy (non-hydrogen) atoms. The Labute approximate surface area is 125 Å². The predicted octanol–water partition coefficient (Wildman–Crippen LogP) is 2.45. The van der Waals surface area contributed by atoms with Crippen molar-refractivity contribution in [2.45, 2.75) is 38.6 Å². The van der Waals surface area contributed by atoms with Crippen LogP contribution < -0.4 is 5.32 Å². The number of hydrogen-bond donors (Lipinski definition) is 1. The van der Waals surface area contributed by atoms with Crippen molar-refractivity contribution < 1.29 is 4.39 Å². The highest BCUT2D eigenvalue weighted by Gasteiger charge is 2.31. The van der Waals surface area contributed by atoms with E-state index in [0.717, 1.165) is 24.2 Å². The monoisotopic (exact) mass is 290 g/mol. The average Bonchev–Trinajstić information content (AvgIpc) is 2.84. The molecule has 0 amide bonds. The lowest BCUT2D eigenvalue weighted by molar-refractivity contribution is 0.340. The molecule has 4 nitrogen and oxygen atoms in total. The fourth-order valence-electron chi connectivity index (χ4n) is 2.61. The van der Waals surface area contributed by atoms with Gasteiger partial charge in [0.1, 0.15) is 5.82 Å². The van der Waals surface area contributed by atoms with Crippen LogP contribution in [0.4, 0.5) is 4.39 Å². The summed E-state index contributed by atoms with van der Waals surface area (Å²) in [5.41, 5.74) is 1.93. The highest BCUT2D eigenvalue weighted by molar-refractivity contribution is 5.27. The van der Waals surface area contributed by atoms with Crippen LogP contribution in [0.2, 0.25) is 0 Å². The Morgan fingerprint density at radius 3 is 2.48 bits per heavy atom. The molecule has 1 aromatic heterocycles. The van der Waals surface area contributed by atoms with Gasteiger partial charge < -0.3 is 5.32 Å². The first kappa shape index (κ1) is 15.6. The van der Waals surface area contributed by atoms with Crippen molar-refractivity contribution in [2.24, 2.45) is 7.05 Å². The van der Waals surface area contributed by atoms with Crippen molar-refractivity contribution >= 4 is 0 Å². The van der Waals surface area contributed by atoms with Crippen LogP contribution in [0.15, 0.2) is 30.5 Å². The Morgan fingerprint density at radius 2 is 1.95 bits per heavy atom. The van der Waals surface area contributed by atoms with E-state index >= 15 is 0 Å². The van der Waals surface area contributed by atoms with Crippen molar-refractivity contribution in [3.8, 4) is 0 Å². The van der Waals surface area contributed by atoms with Crippen LogP contribution in [0.3, 0.4) is 0 Å². The minimum absolute atomic E-state index is 0.138. The molecular weight excluding hydrogens is 267 g/mol. The maximum atomic E-state index is 13.1. The Morgan fingerprint density at radius 1 is 1.29 bits per heavy atom. The molecule has 0 aliphatic heterocycles. The van der Waals surface area contributed by atoms with Crippen LogP contribution in [0, 0.1) is 5.82 Å². The Balaban J connectivity index is 2.24. The standard InChI is InChI=1S/C16H23FN4/c1-5-18-15(10-14-11-21(4)20-19-14)16(2,3)12-6-8-13(17)9-7-12/h6-9,11,15,18H,5,10H2,1-4H3. The molecule has 0 aliphatic carbocycles. The van der Waals surface area contributed by atoms with Gasteiger partial charge in [0, 0.05) is 31.1 Å². The molecule has 1 N–H and O–H groups in total. The number of nitrogens with one attached hydrogen (secondary N) is 1. The van der Waals surface area contributed by atoms with Gasteiger partial charge in [0.2, 0.25) is 0 Å². The van der Waals surface area contributed by atoms with Gasteiger partial charge in [0.15, 0.2) is 0 Å². The van der Waals surface area contributed by atoms with Gasteiger partial charge in [0.05, 0.1) is 5.69 Å². The summed E-state index contributed by atoms with van der Waals surface area (Å²) in [7, 11) is 1.86. The number of nitrogens with zero attached hydrogens (tertiary/aromatic N) is 3. The zero-order valence-electron chi connectivity index (χ0n) is 13.1. The first-order valence-electron chi connectivity index (χ1n) is 7.28. The quantitative estimate of drug-likeness (QED) is 0.888. The molecule has 5 heteroatoms. The van der Waals surface area contributed by atoms with Crippen molar-refractivity contribution in [3.05, 3.63) is 47.5 Å². The lowest BCUT2D eigenvalue weighted by atomic mass is 9.76. The number of likely N-dealkylation sites (N-methyl/N-ethyl adjacent to an activating group) is 1. The molecule has 0 saturated heterocycles. The zero-order chi connectivity index (χ0) is 15.5. The van der Waals surface area contributed by atoms with Gasteiger partial charge in [-0.1, -0.05) is 38.1 Å². The predicted molar refractivity (Wildman–Crippen MR) is 81.6 cm³/mol. The summed E-state index contributed by atoms with van der Waals surface area (Å²) in [5.74, 6) is -0.205. The number of halogens is 1. The molecule has 0 spiro atoms. The molecule has 0 fully saturated rings. The summed E-state index contributed by atoms with van der Waals surface area (Å²) in [6, 6.07) is 6.95. The van der Waals surface area contributed by atoms with E-state index in [2.05, 4.69) is 36.4 Å². The Bertz CT molecular complexity index is 574. The van der Waals surface area contributed by atoms with Gasteiger partial charge in [-0.25, -0.2) is 4.39 Å². The average molecular weight is 290 g/mol. The molecule has 1 heterocycles. The molecule has 2 rings (SSSR count). The minimum atomic E-state index is -0.205. The molecule has 0 saturated carbocycles. The fraction of sp³-hybridized carbons (Fsp3) is 0.500. The van der Waals surface area contributed by atoms with Crippen molar-refractivity contribution in [1.29, 1.82) is 0 Å². The van der Waals surface area contributed by atoms with Crippen LogP contribution in [0.1, 0.15) is 32.0 Å². The molecule has 0 aliphatic rings. The molecule has 1 aromatic carbocycles. The number of aromatic nitrogens is 3. The van der Waals surface area contributed by atoms with Gasteiger partial charge in [-0.05, 0) is 24.2 Å². The van der Waals surface area contributed by atoms with Crippen molar-refractivity contribution in [3.63, 3.8) is 0 Å². The van der Waals surface area contributed by atoms with Gasteiger partial charge in [-0.2, -0.15) is 0 Å². The van der Waals surface area contributed by atoms with E-state index in [-0.39, 0.29) is 17.3 Å². The minimum Gasteiger partial charge on any atom is -0.313 e. The Kier molecular flexibility index (Phi) is 4.73. The summed E-state index contributed by atoms with van der Waals surface area (Å²) >= 11 is 0. The SMILES string of the molecule is CCNC(Cc1cn(C)nn1)C(C)(C)c1ccc(F)cc1. The molecular formula is C16H23FN4. The van der Waals surface area contributed by atoms with E-state index in [1.54, 1.807) is 4.68 Å². The van der Waals surface area contributed by atoms with Crippen LogP contribution in [0.25, 0.3) is 0 Å². The first-order valence-corrected chi connectivity index (χ1v) is 7.28. The number of benzene rings is 1. The highest BCUT2D eigenvalue weighted by Crippen LogP contribution is 2.29. The largest absolute Gasteiger partial charge is 0.313 e. The van der Waals surface area contributed by atoms with E-state index in [4.69, 9.17) is 0 Å². The van der Waals surface area contributed by atoms with E-state index in [0.29, 0.717) is 0 Å². The van der Waals surface area contributed by atoms with Gasteiger partial charge in [-0.3, -0.25) is 4.68 Å².